The van der Waals surface area contributed by atoms with Crippen molar-refractivity contribution in [2.75, 3.05) is 6.61 Å². The van der Waals surface area contributed by atoms with Crippen LogP contribution in [0.3, 0.4) is 0 Å². The summed E-state index contributed by atoms with van der Waals surface area (Å²) < 4.78 is 4.73. The molecular weight excluding hydrogens is 156 g/mol. The fraction of sp³-hybridized carbons (Fsp3) is 0.778. The van der Waals surface area contributed by atoms with Gasteiger partial charge in [-0.3, -0.25) is 4.79 Å². The Hall–Kier alpha value is -0.860. The summed E-state index contributed by atoms with van der Waals surface area (Å²) in [5.74, 6) is -0.130. The number of hydrogen-bond donors (Lipinski definition) is 0. The third-order valence-electron chi connectivity index (χ3n) is 1.74. The molecule has 70 valence electrons. The van der Waals surface area contributed by atoms with Gasteiger partial charge in [0, 0.05) is 12.8 Å². The molecule has 0 N–H and O–H groups in total. The molecule has 0 radical (unpaired) electrons. The molecule has 0 bridgehead atoms. The highest BCUT2D eigenvalue weighted by molar-refractivity contribution is 5.65. The van der Waals surface area contributed by atoms with Crippen molar-refractivity contribution in [3.63, 3.8) is 0 Å². The second-order valence-corrected chi connectivity index (χ2v) is 2.79. The van der Waals surface area contributed by atoms with E-state index < -0.39 is 0 Å². The van der Waals surface area contributed by atoms with E-state index in [9.17, 15) is 9.59 Å². The summed E-state index contributed by atoms with van der Waals surface area (Å²) in [6, 6.07) is 0. The number of carbonyl (C=O) groups excluding carboxylic acids is 2. The van der Waals surface area contributed by atoms with Gasteiger partial charge in [0.1, 0.15) is 6.29 Å². The Kier molecular flexibility index (Phi) is 6.34. The minimum atomic E-state index is -0.255. The highest BCUT2D eigenvalue weighted by Crippen LogP contribution is 2.07. The molecule has 0 aromatic rings. The van der Waals surface area contributed by atoms with E-state index in [-0.39, 0.29) is 11.9 Å². The molecule has 0 amide bonds. The van der Waals surface area contributed by atoms with Crippen LogP contribution in [0.15, 0.2) is 0 Å². The molecule has 12 heavy (non-hydrogen) atoms. The average Bonchev–Trinajstić information content (AvgIpc) is 2.04. The van der Waals surface area contributed by atoms with Crippen molar-refractivity contribution >= 4 is 12.3 Å². The van der Waals surface area contributed by atoms with Gasteiger partial charge in [0.05, 0.1) is 6.61 Å². The van der Waals surface area contributed by atoms with Crippen LogP contribution in [0.4, 0.5) is 0 Å². The van der Waals surface area contributed by atoms with Crippen LogP contribution >= 0.6 is 0 Å². The van der Waals surface area contributed by atoms with Gasteiger partial charge in [-0.1, -0.05) is 6.92 Å². The van der Waals surface area contributed by atoms with E-state index in [1.165, 1.54) is 6.92 Å². The van der Waals surface area contributed by atoms with Crippen LogP contribution in [0, 0.1) is 5.92 Å². The maximum Gasteiger partial charge on any atom is 0.302 e. The zero-order valence-corrected chi connectivity index (χ0v) is 7.71. The molecule has 0 aromatic heterocycles. The minimum absolute atomic E-state index is 0.126. The summed E-state index contributed by atoms with van der Waals surface area (Å²) in [4.78, 5) is 20.7. The zero-order chi connectivity index (χ0) is 9.40. The van der Waals surface area contributed by atoms with Gasteiger partial charge in [-0.15, -0.1) is 0 Å². The maximum atomic E-state index is 10.4. The Bertz CT molecular complexity index is 143. The minimum Gasteiger partial charge on any atom is -0.466 e. The molecule has 0 aromatic carbocycles. The van der Waals surface area contributed by atoms with Crippen molar-refractivity contribution < 1.29 is 14.3 Å². The summed E-state index contributed by atoms with van der Waals surface area (Å²) in [5, 5.41) is 0. The van der Waals surface area contributed by atoms with Gasteiger partial charge in [-0.2, -0.15) is 0 Å². The Morgan fingerprint density at radius 3 is 2.67 bits per heavy atom. The summed E-state index contributed by atoms with van der Waals surface area (Å²) in [5.41, 5.74) is 0. The summed E-state index contributed by atoms with van der Waals surface area (Å²) >= 11 is 0. The van der Waals surface area contributed by atoms with Crippen molar-refractivity contribution in [3.05, 3.63) is 0 Å². The monoisotopic (exact) mass is 172 g/mol. The molecule has 0 aliphatic heterocycles. The molecule has 0 saturated heterocycles. The predicted molar refractivity (Wildman–Crippen MR) is 45.7 cm³/mol. The SMILES string of the molecule is CCC(C=O)CCCOC(C)=O. The first-order valence-corrected chi connectivity index (χ1v) is 4.29. The highest BCUT2D eigenvalue weighted by atomic mass is 16.5. The number of carbonyl (C=O) groups is 2. The Labute approximate surface area is 73.1 Å². The topological polar surface area (TPSA) is 43.4 Å². The maximum absolute atomic E-state index is 10.4. The fourth-order valence-electron chi connectivity index (χ4n) is 0.930. The van der Waals surface area contributed by atoms with Crippen molar-refractivity contribution in [3.8, 4) is 0 Å². The van der Waals surface area contributed by atoms with E-state index >= 15 is 0 Å². The first-order chi connectivity index (χ1) is 5.70. The van der Waals surface area contributed by atoms with Crippen molar-refractivity contribution in [1.82, 2.24) is 0 Å². The highest BCUT2D eigenvalue weighted by Gasteiger charge is 2.03. The van der Waals surface area contributed by atoms with Crippen molar-refractivity contribution in [2.45, 2.75) is 33.1 Å². The number of ether oxygens (including phenoxy) is 1. The van der Waals surface area contributed by atoms with Gasteiger partial charge >= 0.3 is 5.97 Å². The standard InChI is InChI=1S/C9H16O3/c1-3-9(7-10)5-4-6-12-8(2)11/h7,9H,3-6H2,1-2H3. The van der Waals surface area contributed by atoms with E-state index in [2.05, 4.69) is 0 Å². The average molecular weight is 172 g/mol. The fourth-order valence-corrected chi connectivity index (χ4v) is 0.930. The molecule has 0 aliphatic rings. The number of rotatable bonds is 6. The first-order valence-electron chi connectivity index (χ1n) is 4.29. The number of aldehydes is 1. The molecule has 3 nitrogen and oxygen atoms in total. The van der Waals surface area contributed by atoms with Crippen LogP contribution in [-0.2, 0) is 14.3 Å². The predicted octanol–water partition coefficient (Wildman–Crippen LogP) is 1.55. The van der Waals surface area contributed by atoms with Crippen LogP contribution in [0.1, 0.15) is 33.1 Å². The summed E-state index contributed by atoms with van der Waals surface area (Å²) in [7, 11) is 0. The molecular formula is C9H16O3. The Balaban J connectivity index is 3.29. The second kappa shape index (κ2) is 6.83. The molecule has 0 heterocycles. The lowest BCUT2D eigenvalue weighted by molar-refractivity contribution is -0.141. The second-order valence-electron chi connectivity index (χ2n) is 2.79. The van der Waals surface area contributed by atoms with Gasteiger partial charge in [0.2, 0.25) is 0 Å². The van der Waals surface area contributed by atoms with Crippen LogP contribution in [-0.4, -0.2) is 18.9 Å². The summed E-state index contributed by atoms with van der Waals surface area (Å²) in [6.07, 6.45) is 3.42. The van der Waals surface area contributed by atoms with Gasteiger partial charge in [0.15, 0.2) is 0 Å². The lowest BCUT2D eigenvalue weighted by atomic mass is 10.0. The van der Waals surface area contributed by atoms with E-state index in [1.807, 2.05) is 6.92 Å². The third kappa shape index (κ3) is 5.89. The molecule has 0 aliphatic carbocycles. The third-order valence-corrected chi connectivity index (χ3v) is 1.74. The first kappa shape index (κ1) is 11.1. The number of hydrogen-bond acceptors (Lipinski definition) is 3. The van der Waals surface area contributed by atoms with Crippen LogP contribution in [0.5, 0.6) is 0 Å². The molecule has 3 heteroatoms. The quantitative estimate of drug-likeness (QED) is 0.347. The Morgan fingerprint density at radius 2 is 2.25 bits per heavy atom. The molecule has 0 fully saturated rings. The van der Waals surface area contributed by atoms with Gasteiger partial charge in [0.25, 0.3) is 0 Å². The largest absolute Gasteiger partial charge is 0.466 e. The zero-order valence-electron chi connectivity index (χ0n) is 7.71. The van der Waals surface area contributed by atoms with Gasteiger partial charge in [-0.05, 0) is 19.3 Å². The summed E-state index contributed by atoms with van der Waals surface area (Å²) in [6.45, 7) is 3.79. The molecule has 0 spiro atoms. The lowest BCUT2D eigenvalue weighted by Gasteiger charge is -2.06. The number of esters is 1. The lowest BCUT2D eigenvalue weighted by Crippen LogP contribution is -2.05. The smallest absolute Gasteiger partial charge is 0.302 e. The van der Waals surface area contributed by atoms with E-state index in [0.29, 0.717) is 6.61 Å². The van der Waals surface area contributed by atoms with Crippen LogP contribution < -0.4 is 0 Å². The molecule has 0 rings (SSSR count). The van der Waals surface area contributed by atoms with Crippen LogP contribution in [0.25, 0.3) is 0 Å². The van der Waals surface area contributed by atoms with Crippen LogP contribution in [0.2, 0.25) is 0 Å². The van der Waals surface area contributed by atoms with E-state index in [1.54, 1.807) is 0 Å². The molecule has 1 unspecified atom stereocenters. The van der Waals surface area contributed by atoms with Gasteiger partial charge in [-0.25, -0.2) is 0 Å². The Morgan fingerprint density at radius 1 is 1.58 bits per heavy atom. The van der Waals surface area contributed by atoms with Crippen molar-refractivity contribution in [2.24, 2.45) is 5.92 Å². The normalized spacial score (nSPS) is 12.2. The molecule has 0 saturated carbocycles. The van der Waals surface area contributed by atoms with E-state index in [4.69, 9.17) is 4.74 Å². The molecule has 1 atom stereocenters. The van der Waals surface area contributed by atoms with Crippen molar-refractivity contribution in [1.29, 1.82) is 0 Å². The van der Waals surface area contributed by atoms with Gasteiger partial charge < -0.3 is 9.53 Å². The van der Waals surface area contributed by atoms with E-state index in [0.717, 1.165) is 25.5 Å².